The maximum atomic E-state index is 3.51. The Morgan fingerprint density at radius 1 is 1.06 bits per heavy atom. The van der Waals surface area contributed by atoms with Crippen LogP contribution in [0.4, 0.5) is 0 Å². The molecule has 1 N–H and O–H groups in total. The van der Waals surface area contributed by atoms with Crippen LogP contribution in [0.5, 0.6) is 0 Å². The van der Waals surface area contributed by atoms with Gasteiger partial charge in [-0.05, 0) is 57.0 Å². The second-order valence-electron chi connectivity index (χ2n) is 6.29. The van der Waals surface area contributed by atoms with Gasteiger partial charge in [0.1, 0.15) is 0 Å². The van der Waals surface area contributed by atoms with Crippen molar-refractivity contribution in [3.63, 3.8) is 0 Å². The zero-order chi connectivity index (χ0) is 12.3. The van der Waals surface area contributed by atoms with E-state index in [1.54, 1.807) is 0 Å². The van der Waals surface area contributed by atoms with Crippen molar-refractivity contribution in [2.24, 2.45) is 11.8 Å². The molecule has 2 fully saturated rings. The predicted octanol–water partition coefficient (Wildman–Crippen LogP) is 2.89. The summed E-state index contributed by atoms with van der Waals surface area (Å²) in [5.41, 5.74) is 0. The molecular weight excluding hydrogens is 208 g/mol. The number of nitrogens with zero attached hydrogens (tertiary/aromatic N) is 1. The van der Waals surface area contributed by atoms with Crippen molar-refractivity contribution < 1.29 is 0 Å². The molecule has 1 aliphatic carbocycles. The highest BCUT2D eigenvalue weighted by atomic mass is 15.2. The number of hydrogen-bond donors (Lipinski definition) is 1. The van der Waals surface area contributed by atoms with E-state index in [0.29, 0.717) is 0 Å². The van der Waals surface area contributed by atoms with Gasteiger partial charge in [0.15, 0.2) is 0 Å². The Labute approximate surface area is 107 Å². The lowest BCUT2D eigenvalue weighted by Gasteiger charge is -2.40. The van der Waals surface area contributed by atoms with Gasteiger partial charge < -0.3 is 5.32 Å². The van der Waals surface area contributed by atoms with Crippen molar-refractivity contribution in [3.05, 3.63) is 0 Å². The van der Waals surface area contributed by atoms with E-state index in [4.69, 9.17) is 0 Å². The van der Waals surface area contributed by atoms with Crippen LogP contribution in [0.15, 0.2) is 0 Å². The third kappa shape index (κ3) is 3.23. The molecule has 2 rings (SSSR count). The fraction of sp³-hybridized carbons (Fsp3) is 1.00. The molecule has 0 amide bonds. The molecule has 0 radical (unpaired) electrons. The van der Waals surface area contributed by atoms with E-state index in [1.807, 2.05) is 0 Å². The lowest BCUT2D eigenvalue weighted by molar-refractivity contribution is 0.0947. The Balaban J connectivity index is 1.85. The van der Waals surface area contributed by atoms with E-state index >= 15 is 0 Å². The highest BCUT2D eigenvalue weighted by Gasteiger charge is 2.31. The normalized spacial score (nSPS) is 34.8. The topological polar surface area (TPSA) is 15.3 Å². The zero-order valence-electron chi connectivity index (χ0n) is 11.9. The van der Waals surface area contributed by atoms with Crippen LogP contribution in [-0.2, 0) is 0 Å². The van der Waals surface area contributed by atoms with E-state index in [9.17, 15) is 0 Å². The van der Waals surface area contributed by atoms with Crippen LogP contribution >= 0.6 is 0 Å². The summed E-state index contributed by atoms with van der Waals surface area (Å²) < 4.78 is 0. The van der Waals surface area contributed by atoms with E-state index in [0.717, 1.165) is 23.9 Å². The first-order valence-electron chi connectivity index (χ1n) is 7.68. The molecule has 1 saturated heterocycles. The molecule has 1 saturated carbocycles. The first kappa shape index (κ1) is 13.4. The predicted molar refractivity (Wildman–Crippen MR) is 74.2 cm³/mol. The summed E-state index contributed by atoms with van der Waals surface area (Å²) in [6.07, 6.45) is 7.15. The summed E-state index contributed by atoms with van der Waals surface area (Å²) in [6, 6.07) is 1.69. The molecule has 2 nitrogen and oxygen atoms in total. The highest BCUT2D eigenvalue weighted by Crippen LogP contribution is 2.33. The van der Waals surface area contributed by atoms with Gasteiger partial charge in [-0.2, -0.15) is 0 Å². The van der Waals surface area contributed by atoms with Crippen molar-refractivity contribution in [3.8, 4) is 0 Å². The fourth-order valence-electron chi connectivity index (χ4n) is 3.84. The van der Waals surface area contributed by atoms with Gasteiger partial charge in [0.05, 0.1) is 0 Å². The minimum Gasteiger partial charge on any atom is -0.315 e. The quantitative estimate of drug-likeness (QED) is 0.810. The molecule has 100 valence electrons. The number of rotatable bonds is 4. The van der Waals surface area contributed by atoms with Gasteiger partial charge in [-0.1, -0.05) is 20.8 Å². The van der Waals surface area contributed by atoms with Gasteiger partial charge in [-0.25, -0.2) is 0 Å². The average molecular weight is 238 g/mol. The molecule has 2 aliphatic rings. The standard InChI is InChI=1S/C15H30N2/c1-4-17(15-9-10-16-11-15)14-7-5-13(6-8-14)12(2)3/h12-16H,4-11H2,1-3H3. The van der Waals surface area contributed by atoms with Crippen LogP contribution in [0.25, 0.3) is 0 Å². The van der Waals surface area contributed by atoms with Crippen LogP contribution in [0.1, 0.15) is 52.9 Å². The minimum absolute atomic E-state index is 0.820. The monoisotopic (exact) mass is 238 g/mol. The van der Waals surface area contributed by atoms with E-state index in [2.05, 4.69) is 31.0 Å². The summed E-state index contributed by atoms with van der Waals surface area (Å²) in [6.45, 7) is 10.8. The van der Waals surface area contributed by atoms with Crippen molar-refractivity contribution in [2.45, 2.75) is 65.0 Å². The van der Waals surface area contributed by atoms with Gasteiger partial charge in [0.25, 0.3) is 0 Å². The van der Waals surface area contributed by atoms with Crippen LogP contribution in [0.2, 0.25) is 0 Å². The number of hydrogen-bond acceptors (Lipinski definition) is 2. The largest absolute Gasteiger partial charge is 0.315 e. The van der Waals surface area contributed by atoms with E-state index < -0.39 is 0 Å². The van der Waals surface area contributed by atoms with Gasteiger partial charge in [-0.15, -0.1) is 0 Å². The van der Waals surface area contributed by atoms with Crippen molar-refractivity contribution in [1.82, 2.24) is 10.2 Å². The molecule has 2 heteroatoms. The van der Waals surface area contributed by atoms with Crippen LogP contribution in [0, 0.1) is 11.8 Å². The van der Waals surface area contributed by atoms with E-state index in [1.165, 1.54) is 51.7 Å². The summed E-state index contributed by atoms with van der Waals surface area (Å²) in [5.74, 6) is 1.88. The fourth-order valence-corrected chi connectivity index (χ4v) is 3.84. The van der Waals surface area contributed by atoms with Crippen LogP contribution < -0.4 is 5.32 Å². The molecule has 17 heavy (non-hydrogen) atoms. The summed E-state index contributed by atoms with van der Waals surface area (Å²) >= 11 is 0. The van der Waals surface area contributed by atoms with E-state index in [-0.39, 0.29) is 0 Å². The molecule has 0 spiro atoms. The zero-order valence-corrected chi connectivity index (χ0v) is 11.9. The highest BCUT2D eigenvalue weighted by molar-refractivity contribution is 4.87. The summed E-state index contributed by atoms with van der Waals surface area (Å²) in [4.78, 5) is 2.79. The van der Waals surface area contributed by atoms with Crippen molar-refractivity contribution >= 4 is 0 Å². The minimum atomic E-state index is 0.820. The third-order valence-corrected chi connectivity index (χ3v) is 5.02. The summed E-state index contributed by atoms with van der Waals surface area (Å²) in [5, 5.41) is 3.51. The Bertz CT molecular complexity index is 213. The second kappa shape index (κ2) is 6.19. The Morgan fingerprint density at radius 2 is 1.76 bits per heavy atom. The average Bonchev–Trinajstić information content (AvgIpc) is 2.84. The Kier molecular flexibility index (Phi) is 4.87. The molecule has 1 unspecified atom stereocenters. The maximum absolute atomic E-state index is 3.51. The summed E-state index contributed by atoms with van der Waals surface area (Å²) in [7, 11) is 0. The lowest BCUT2D eigenvalue weighted by Crippen LogP contribution is -2.46. The maximum Gasteiger partial charge on any atom is 0.0235 e. The first-order valence-corrected chi connectivity index (χ1v) is 7.68. The SMILES string of the molecule is CCN(C1CCC(C(C)C)CC1)C1CCNC1. The first-order chi connectivity index (χ1) is 8.22. The molecule has 0 aromatic rings. The molecule has 0 bridgehead atoms. The van der Waals surface area contributed by atoms with Crippen LogP contribution in [0.3, 0.4) is 0 Å². The van der Waals surface area contributed by atoms with Gasteiger partial charge >= 0.3 is 0 Å². The van der Waals surface area contributed by atoms with Gasteiger partial charge in [0.2, 0.25) is 0 Å². The number of likely N-dealkylation sites (N-methyl/N-ethyl adjacent to an activating group) is 1. The molecule has 1 heterocycles. The molecule has 1 atom stereocenters. The lowest BCUT2D eigenvalue weighted by atomic mass is 9.79. The van der Waals surface area contributed by atoms with Crippen LogP contribution in [-0.4, -0.2) is 36.6 Å². The molecule has 0 aromatic heterocycles. The Morgan fingerprint density at radius 3 is 2.24 bits per heavy atom. The Hall–Kier alpha value is -0.0800. The molecule has 1 aliphatic heterocycles. The second-order valence-corrected chi connectivity index (χ2v) is 6.29. The molecule has 0 aromatic carbocycles. The van der Waals surface area contributed by atoms with Gasteiger partial charge in [0, 0.05) is 18.6 Å². The smallest absolute Gasteiger partial charge is 0.0235 e. The van der Waals surface area contributed by atoms with Crippen molar-refractivity contribution in [1.29, 1.82) is 0 Å². The molecular formula is C15H30N2. The van der Waals surface area contributed by atoms with Gasteiger partial charge in [-0.3, -0.25) is 4.90 Å². The third-order valence-electron chi connectivity index (χ3n) is 5.02. The van der Waals surface area contributed by atoms with Crippen molar-refractivity contribution in [2.75, 3.05) is 19.6 Å². The number of nitrogens with one attached hydrogen (secondary N) is 1.